The lowest BCUT2D eigenvalue weighted by Gasteiger charge is -2.41. The summed E-state index contributed by atoms with van der Waals surface area (Å²) < 4.78 is 99.5. The molecule has 4 N–H and O–H groups in total. The van der Waals surface area contributed by atoms with Crippen LogP contribution in [-0.4, -0.2) is 66.7 Å². The zero-order valence-electron chi connectivity index (χ0n) is 26.0. The molecule has 2 bridgehead atoms. The fourth-order valence-corrected chi connectivity index (χ4v) is 8.06. The van der Waals surface area contributed by atoms with E-state index in [2.05, 4.69) is 4.72 Å². The molecule has 2 heterocycles. The number of nitrogens with two attached hydrogens (primary N) is 1. The molecule has 6 rings (SSSR count). The number of carboxylic acids is 1. The molecule has 1 saturated carbocycles. The van der Waals surface area contributed by atoms with Gasteiger partial charge in [-0.25, -0.2) is 13.2 Å². The number of hydrogen-bond acceptors (Lipinski definition) is 6. The molecule has 3 atom stereocenters. The SMILES string of the molecule is NC1CC2CCC(C1)N2C(=O)C(NS(=O)(=O)c1ccc2cc(OC3CCCC3)ccc2c1)C(F)(F)c1ccc(Cl)cc1.O=C(O)C(F)(F)F. The molecule has 2 saturated heterocycles. The van der Waals surface area contributed by atoms with Gasteiger partial charge in [0.2, 0.25) is 15.9 Å². The lowest BCUT2D eigenvalue weighted by atomic mass is 9.95. The molecular weight excluding hydrogens is 697 g/mol. The highest BCUT2D eigenvalue weighted by Crippen LogP contribution is 2.40. The summed E-state index contributed by atoms with van der Waals surface area (Å²) in [6.45, 7) is 0. The second kappa shape index (κ2) is 14.4. The van der Waals surface area contributed by atoms with Gasteiger partial charge in [0.15, 0.2) is 6.04 Å². The van der Waals surface area contributed by atoms with Gasteiger partial charge in [0.1, 0.15) is 5.75 Å². The molecule has 49 heavy (non-hydrogen) atoms. The number of carboxylic acid groups (broad SMARTS) is 1. The molecule has 0 radical (unpaired) electrons. The summed E-state index contributed by atoms with van der Waals surface area (Å²) in [5, 5.41) is 8.73. The summed E-state index contributed by atoms with van der Waals surface area (Å²) in [6, 6.07) is 11.5. The number of sulfonamides is 1. The molecule has 3 aliphatic rings. The molecule has 3 fully saturated rings. The second-order valence-corrected chi connectivity index (χ2v) is 14.7. The summed E-state index contributed by atoms with van der Waals surface area (Å²) in [5.74, 6) is -6.87. The van der Waals surface area contributed by atoms with Crippen LogP contribution in [0.1, 0.15) is 56.9 Å². The highest BCUT2D eigenvalue weighted by Gasteiger charge is 2.53. The first-order valence-corrected chi connectivity index (χ1v) is 17.6. The van der Waals surface area contributed by atoms with Gasteiger partial charge < -0.3 is 20.5 Å². The van der Waals surface area contributed by atoms with E-state index in [1.165, 1.54) is 29.2 Å². The van der Waals surface area contributed by atoms with Crippen molar-refractivity contribution in [3.8, 4) is 5.75 Å². The molecule has 16 heteroatoms. The van der Waals surface area contributed by atoms with E-state index in [0.717, 1.165) is 43.2 Å². The van der Waals surface area contributed by atoms with Crippen molar-refractivity contribution >= 4 is 44.3 Å². The number of nitrogens with one attached hydrogen (secondary N) is 1. The predicted octanol–water partition coefficient (Wildman–Crippen LogP) is 6.37. The normalized spacial score (nSPS) is 22.0. The molecule has 0 aromatic heterocycles. The Hall–Kier alpha value is -3.53. The van der Waals surface area contributed by atoms with Gasteiger partial charge in [-0.2, -0.15) is 26.7 Å². The Morgan fingerprint density at radius 3 is 2.02 bits per heavy atom. The lowest BCUT2D eigenvalue weighted by molar-refractivity contribution is -0.192. The molecule has 3 unspecified atom stereocenters. The maximum atomic E-state index is 16.2. The minimum absolute atomic E-state index is 0.125. The third-order valence-electron chi connectivity index (χ3n) is 9.08. The van der Waals surface area contributed by atoms with E-state index in [-0.39, 0.29) is 34.1 Å². The highest BCUT2D eigenvalue weighted by atomic mass is 35.5. The monoisotopic (exact) mass is 731 g/mol. The third-order valence-corrected chi connectivity index (χ3v) is 10.7. The Morgan fingerprint density at radius 2 is 1.45 bits per heavy atom. The number of fused-ring (bicyclic) bond motifs is 3. The molecule has 0 spiro atoms. The van der Waals surface area contributed by atoms with E-state index in [0.29, 0.717) is 36.8 Å². The zero-order chi connectivity index (χ0) is 35.7. The first-order valence-electron chi connectivity index (χ1n) is 15.7. The van der Waals surface area contributed by atoms with Crippen LogP contribution >= 0.6 is 11.6 Å². The molecule has 1 amide bonds. The van der Waals surface area contributed by atoms with Crippen molar-refractivity contribution < 1.29 is 49.8 Å². The van der Waals surface area contributed by atoms with E-state index < -0.39 is 45.6 Å². The maximum Gasteiger partial charge on any atom is 0.490 e. The average Bonchev–Trinajstić information content (AvgIpc) is 3.64. The number of carbonyl (C=O) groups is 2. The number of nitrogens with zero attached hydrogens (tertiary/aromatic N) is 1. The number of ether oxygens (including phenoxy) is 1. The van der Waals surface area contributed by atoms with Crippen molar-refractivity contribution in [1.82, 2.24) is 9.62 Å². The van der Waals surface area contributed by atoms with Gasteiger partial charge in [-0.1, -0.05) is 35.9 Å². The van der Waals surface area contributed by atoms with Crippen molar-refractivity contribution in [1.29, 1.82) is 0 Å². The Balaban J connectivity index is 0.000000606. The first-order chi connectivity index (χ1) is 23.0. The average molecular weight is 732 g/mol. The van der Waals surface area contributed by atoms with Gasteiger partial charge in [0.05, 0.1) is 11.0 Å². The first kappa shape index (κ1) is 36.7. The summed E-state index contributed by atoms with van der Waals surface area (Å²) in [7, 11) is -4.55. The number of rotatable bonds is 8. The van der Waals surface area contributed by atoms with Crippen molar-refractivity contribution in [2.45, 2.75) is 98.6 Å². The van der Waals surface area contributed by atoms with Crippen LogP contribution in [0.25, 0.3) is 10.8 Å². The number of hydrogen-bond donors (Lipinski definition) is 3. The van der Waals surface area contributed by atoms with Gasteiger partial charge in [0.25, 0.3) is 5.92 Å². The van der Waals surface area contributed by atoms with E-state index in [9.17, 15) is 26.4 Å². The number of halogens is 6. The Bertz CT molecular complexity index is 1770. The van der Waals surface area contributed by atoms with Crippen molar-refractivity contribution in [2.75, 3.05) is 0 Å². The smallest absolute Gasteiger partial charge is 0.490 e. The molecule has 2 aliphatic heterocycles. The quantitative estimate of drug-likeness (QED) is 0.229. The highest BCUT2D eigenvalue weighted by molar-refractivity contribution is 7.89. The van der Waals surface area contributed by atoms with Crippen LogP contribution in [0, 0.1) is 0 Å². The Morgan fingerprint density at radius 1 is 0.898 bits per heavy atom. The van der Waals surface area contributed by atoms with Crippen LogP contribution in [-0.2, 0) is 25.5 Å². The van der Waals surface area contributed by atoms with Crippen LogP contribution in [0.2, 0.25) is 5.02 Å². The van der Waals surface area contributed by atoms with Crippen LogP contribution in [0.15, 0.2) is 65.6 Å². The maximum absolute atomic E-state index is 16.2. The molecule has 266 valence electrons. The van der Waals surface area contributed by atoms with Gasteiger partial charge in [-0.05, 0) is 98.5 Å². The van der Waals surface area contributed by atoms with Crippen LogP contribution in [0.4, 0.5) is 22.0 Å². The standard InChI is InChI=1S/C31H34ClF2N3O4S.C2HF3O2/c32-22-9-7-21(8-10-22)31(33,34)29(30(38)37-24-11-12-25(37)18-23(35)17-24)36-42(39,40)28-14-6-19-15-27(13-5-20(19)16-28)41-26-3-1-2-4-26;3-2(4,5)1(6)7/h5-10,13-16,23-26,29,36H,1-4,11-12,17-18,35H2;(H,6,7). The predicted molar refractivity (Wildman–Crippen MR) is 171 cm³/mol. The molecule has 3 aromatic carbocycles. The summed E-state index contributed by atoms with van der Waals surface area (Å²) >= 11 is 5.92. The molecule has 1 aliphatic carbocycles. The fraction of sp³-hybridized carbons (Fsp3) is 0.455. The van der Waals surface area contributed by atoms with Crippen LogP contribution < -0.4 is 15.2 Å². The van der Waals surface area contributed by atoms with Crippen LogP contribution in [0.3, 0.4) is 0 Å². The van der Waals surface area contributed by atoms with Crippen molar-refractivity contribution in [3.63, 3.8) is 0 Å². The summed E-state index contributed by atoms with van der Waals surface area (Å²) in [5.41, 5.74) is 5.63. The molecular formula is C33H35ClF5N3O6S. The second-order valence-electron chi connectivity index (χ2n) is 12.5. The number of carbonyl (C=O) groups excluding carboxylic acids is 1. The van der Waals surface area contributed by atoms with Gasteiger partial charge in [-0.15, -0.1) is 0 Å². The van der Waals surface area contributed by atoms with E-state index in [4.69, 9.17) is 32.0 Å². The number of benzene rings is 3. The number of alkyl halides is 5. The summed E-state index contributed by atoms with van der Waals surface area (Å²) in [6.07, 6.45) is 1.66. The number of amides is 1. The van der Waals surface area contributed by atoms with Gasteiger partial charge >= 0.3 is 12.1 Å². The van der Waals surface area contributed by atoms with E-state index in [1.807, 2.05) is 6.07 Å². The molecule has 3 aromatic rings. The third kappa shape index (κ3) is 8.44. The van der Waals surface area contributed by atoms with Crippen molar-refractivity contribution in [2.24, 2.45) is 5.73 Å². The lowest BCUT2D eigenvalue weighted by Crippen LogP contribution is -2.60. The van der Waals surface area contributed by atoms with E-state index >= 15 is 8.78 Å². The van der Waals surface area contributed by atoms with Crippen molar-refractivity contribution in [3.05, 3.63) is 71.2 Å². The topological polar surface area (TPSA) is 139 Å². The minimum Gasteiger partial charge on any atom is -0.490 e. The van der Waals surface area contributed by atoms with Gasteiger partial charge in [-0.3, -0.25) is 4.79 Å². The Labute approximate surface area is 284 Å². The molecule has 9 nitrogen and oxygen atoms in total. The van der Waals surface area contributed by atoms with Gasteiger partial charge in [0, 0.05) is 28.7 Å². The largest absolute Gasteiger partial charge is 0.490 e. The summed E-state index contributed by atoms with van der Waals surface area (Å²) in [4.78, 5) is 24.0. The van der Waals surface area contributed by atoms with Crippen LogP contribution in [0.5, 0.6) is 5.75 Å². The number of piperidine rings is 1. The number of aliphatic carboxylic acids is 1. The fourth-order valence-electron chi connectivity index (χ4n) is 6.71. The minimum atomic E-state index is -5.08. The van der Waals surface area contributed by atoms with E-state index in [1.54, 1.807) is 18.2 Å². The zero-order valence-corrected chi connectivity index (χ0v) is 27.6. The Kier molecular flexibility index (Phi) is 10.8.